The van der Waals surface area contributed by atoms with Gasteiger partial charge in [-0.2, -0.15) is 13.2 Å². The lowest BCUT2D eigenvalue weighted by atomic mass is 10.2. The summed E-state index contributed by atoms with van der Waals surface area (Å²) in [7, 11) is 0. The molecule has 0 saturated heterocycles. The van der Waals surface area contributed by atoms with Gasteiger partial charge in [0.1, 0.15) is 6.42 Å². The van der Waals surface area contributed by atoms with E-state index in [2.05, 4.69) is 6.92 Å². The Morgan fingerprint density at radius 2 is 2.00 bits per heavy atom. The van der Waals surface area contributed by atoms with Crippen LogP contribution in [0.4, 0.5) is 13.2 Å². The minimum absolute atomic E-state index is 0.0114. The Kier molecular flexibility index (Phi) is 4.56. The predicted octanol–water partition coefficient (Wildman–Crippen LogP) is 2.35. The number of halogens is 3. The van der Waals surface area contributed by atoms with Crippen molar-refractivity contribution in [1.82, 2.24) is 0 Å². The highest BCUT2D eigenvalue weighted by Gasteiger charge is 2.37. The van der Waals surface area contributed by atoms with Gasteiger partial charge in [-0.25, -0.2) is 0 Å². The fraction of sp³-hybridized carbons (Fsp3) is 0.833. The SMILES string of the molecule is [CH2]CCC(CC(F)(F)F)[S+]=O. The van der Waals surface area contributed by atoms with Crippen LogP contribution >= 0.6 is 0 Å². The maximum atomic E-state index is 11.6. The summed E-state index contributed by atoms with van der Waals surface area (Å²) in [4.78, 5) is 0. The summed E-state index contributed by atoms with van der Waals surface area (Å²) in [6, 6.07) is 0. The smallest absolute Gasteiger partial charge is 0.171 e. The van der Waals surface area contributed by atoms with Crippen LogP contribution in [0, 0.1) is 6.92 Å². The van der Waals surface area contributed by atoms with Gasteiger partial charge in [-0.3, -0.25) is 0 Å². The van der Waals surface area contributed by atoms with E-state index in [1.165, 1.54) is 0 Å². The lowest BCUT2D eigenvalue weighted by Crippen LogP contribution is -2.18. The fourth-order valence-corrected chi connectivity index (χ4v) is 1.19. The minimum atomic E-state index is -4.22. The number of rotatable bonds is 4. The number of hydrogen-bond donors (Lipinski definition) is 0. The highest BCUT2D eigenvalue weighted by atomic mass is 32.1. The van der Waals surface area contributed by atoms with Gasteiger partial charge in [0.05, 0.1) is 0 Å². The lowest BCUT2D eigenvalue weighted by molar-refractivity contribution is -0.134. The van der Waals surface area contributed by atoms with Crippen molar-refractivity contribution in [3.63, 3.8) is 0 Å². The molecule has 0 aromatic heterocycles. The van der Waals surface area contributed by atoms with Crippen molar-refractivity contribution in [2.75, 3.05) is 0 Å². The average molecular weight is 186 g/mol. The van der Waals surface area contributed by atoms with Crippen LogP contribution in [0.1, 0.15) is 19.3 Å². The monoisotopic (exact) mass is 186 g/mol. The van der Waals surface area contributed by atoms with E-state index in [0.29, 0.717) is 6.42 Å². The topological polar surface area (TPSA) is 17.1 Å². The van der Waals surface area contributed by atoms with Gasteiger partial charge in [0.25, 0.3) is 0 Å². The van der Waals surface area contributed by atoms with Crippen molar-refractivity contribution >= 4 is 11.7 Å². The Hall–Kier alpha value is -0.190. The second-order valence-corrected chi connectivity index (χ2v) is 3.04. The van der Waals surface area contributed by atoms with E-state index in [1.807, 2.05) is 0 Å². The van der Waals surface area contributed by atoms with Crippen molar-refractivity contribution in [1.29, 1.82) is 0 Å². The van der Waals surface area contributed by atoms with E-state index < -0.39 is 17.8 Å². The van der Waals surface area contributed by atoms with Crippen LogP contribution in [0.5, 0.6) is 0 Å². The first kappa shape index (κ1) is 10.8. The molecule has 0 aliphatic rings. The first-order valence-electron chi connectivity index (χ1n) is 3.14. The van der Waals surface area contributed by atoms with E-state index in [9.17, 15) is 17.4 Å². The predicted molar refractivity (Wildman–Crippen MR) is 37.1 cm³/mol. The van der Waals surface area contributed by atoms with Crippen molar-refractivity contribution in [2.24, 2.45) is 0 Å². The maximum absolute atomic E-state index is 11.6. The number of alkyl halides is 3. The molecule has 0 rings (SSSR count). The molecule has 0 fully saturated rings. The van der Waals surface area contributed by atoms with Crippen LogP contribution in [0.15, 0.2) is 0 Å². The Bertz CT molecular complexity index is 123. The third-order valence-electron chi connectivity index (χ3n) is 1.12. The Morgan fingerprint density at radius 1 is 1.45 bits per heavy atom. The van der Waals surface area contributed by atoms with Gasteiger partial charge >= 0.3 is 17.8 Å². The second-order valence-electron chi connectivity index (χ2n) is 2.18. The molecule has 0 spiro atoms. The van der Waals surface area contributed by atoms with Crippen molar-refractivity contribution in [3.8, 4) is 0 Å². The van der Waals surface area contributed by atoms with Crippen LogP contribution in [0.2, 0.25) is 0 Å². The minimum Gasteiger partial charge on any atom is -0.171 e. The first-order valence-corrected chi connectivity index (χ1v) is 3.94. The normalized spacial score (nSPS) is 14.5. The molecular weight excluding hydrogens is 177 g/mol. The largest absolute Gasteiger partial charge is 0.462 e. The summed E-state index contributed by atoms with van der Waals surface area (Å²) in [5, 5.41) is -0.868. The summed E-state index contributed by atoms with van der Waals surface area (Å²) in [5.74, 6) is 0. The first-order chi connectivity index (χ1) is 4.99. The van der Waals surface area contributed by atoms with E-state index in [4.69, 9.17) is 0 Å². The average Bonchev–Trinajstić information content (AvgIpc) is 1.84. The Morgan fingerprint density at radius 3 is 2.27 bits per heavy atom. The lowest BCUT2D eigenvalue weighted by Gasteiger charge is -2.03. The molecule has 0 aliphatic heterocycles. The van der Waals surface area contributed by atoms with Crippen molar-refractivity contribution in [2.45, 2.75) is 30.7 Å². The molecule has 0 heterocycles. The van der Waals surface area contributed by atoms with Gasteiger partial charge < -0.3 is 0 Å². The van der Waals surface area contributed by atoms with Crippen LogP contribution in [0.3, 0.4) is 0 Å². The van der Waals surface area contributed by atoms with Gasteiger partial charge in [-0.05, 0) is 6.42 Å². The number of hydrogen-bond acceptors (Lipinski definition) is 1. The van der Waals surface area contributed by atoms with Crippen molar-refractivity contribution < 1.29 is 17.4 Å². The zero-order chi connectivity index (χ0) is 8.91. The Balaban J connectivity index is 3.77. The van der Waals surface area contributed by atoms with E-state index in [-0.39, 0.29) is 18.1 Å². The molecule has 0 aliphatic carbocycles. The molecule has 1 radical (unpaired) electrons. The molecule has 1 unspecified atom stereocenters. The highest BCUT2D eigenvalue weighted by molar-refractivity contribution is 7.66. The standard InChI is InChI=1S/C6H9F3OS/c1-2-3-5(11-10)4-6(7,8)9/h5H,1-4H2/q+1. The summed E-state index contributed by atoms with van der Waals surface area (Å²) in [6.45, 7) is 3.38. The second kappa shape index (κ2) is 4.64. The summed E-state index contributed by atoms with van der Waals surface area (Å²) < 4.78 is 45.0. The van der Waals surface area contributed by atoms with Gasteiger partial charge in [0.15, 0.2) is 0 Å². The molecule has 0 N–H and O–H groups in total. The fourth-order valence-electron chi connectivity index (χ4n) is 0.670. The molecular formula is C6H9F3OS+. The van der Waals surface area contributed by atoms with E-state index in [0.717, 1.165) is 0 Å². The van der Waals surface area contributed by atoms with Crippen LogP contribution in [-0.2, 0) is 15.9 Å². The summed E-state index contributed by atoms with van der Waals surface area (Å²) in [5.41, 5.74) is 0. The van der Waals surface area contributed by atoms with E-state index in [1.54, 1.807) is 0 Å². The third-order valence-corrected chi connectivity index (χ3v) is 1.80. The van der Waals surface area contributed by atoms with E-state index >= 15 is 0 Å². The van der Waals surface area contributed by atoms with Crippen LogP contribution < -0.4 is 0 Å². The maximum Gasteiger partial charge on any atom is 0.462 e. The molecule has 0 aromatic carbocycles. The quantitative estimate of drug-likeness (QED) is 0.616. The van der Waals surface area contributed by atoms with Crippen LogP contribution in [-0.4, -0.2) is 11.4 Å². The highest BCUT2D eigenvalue weighted by Crippen LogP contribution is 2.23. The molecule has 0 aromatic rings. The molecule has 0 saturated carbocycles. The molecule has 0 amide bonds. The van der Waals surface area contributed by atoms with Crippen LogP contribution in [0.25, 0.3) is 0 Å². The van der Waals surface area contributed by atoms with Gasteiger partial charge in [-0.1, -0.05) is 6.92 Å². The summed E-state index contributed by atoms with van der Waals surface area (Å²) >= 11 is 0.0114. The molecule has 11 heavy (non-hydrogen) atoms. The molecule has 0 bridgehead atoms. The van der Waals surface area contributed by atoms with Gasteiger partial charge in [0, 0.05) is 10.6 Å². The molecule has 5 heteroatoms. The zero-order valence-electron chi connectivity index (χ0n) is 5.86. The molecule has 1 nitrogen and oxygen atoms in total. The summed E-state index contributed by atoms with van der Waals surface area (Å²) in [6.07, 6.45) is -4.63. The van der Waals surface area contributed by atoms with Crippen molar-refractivity contribution in [3.05, 3.63) is 6.92 Å². The molecule has 1 atom stereocenters. The van der Waals surface area contributed by atoms with Gasteiger partial charge in [-0.15, -0.1) is 0 Å². The van der Waals surface area contributed by atoms with Gasteiger partial charge in [0.2, 0.25) is 5.25 Å². The Labute approximate surface area is 67.5 Å². The molecule has 65 valence electrons. The zero-order valence-corrected chi connectivity index (χ0v) is 6.67. The third kappa shape index (κ3) is 6.22.